The monoisotopic (exact) mass is 510 g/mol. The highest BCUT2D eigenvalue weighted by atomic mass is 19.4. The van der Waals surface area contributed by atoms with Crippen molar-refractivity contribution in [2.24, 2.45) is 17.3 Å². The summed E-state index contributed by atoms with van der Waals surface area (Å²) in [5.74, 6) is -0.947. The van der Waals surface area contributed by atoms with E-state index in [1.165, 1.54) is 17.2 Å². The van der Waals surface area contributed by atoms with Crippen molar-refractivity contribution in [3.05, 3.63) is 42.0 Å². The summed E-state index contributed by atoms with van der Waals surface area (Å²) in [7, 11) is 0. The lowest BCUT2D eigenvalue weighted by atomic mass is 9.50. The molecule has 3 aliphatic heterocycles. The van der Waals surface area contributed by atoms with Gasteiger partial charge in [0.1, 0.15) is 23.7 Å². The zero-order valence-corrected chi connectivity index (χ0v) is 18.7. The van der Waals surface area contributed by atoms with Gasteiger partial charge in [0.05, 0.1) is 18.0 Å². The Morgan fingerprint density at radius 1 is 1.14 bits per heavy atom. The molecule has 4 aliphatic rings. The van der Waals surface area contributed by atoms with Gasteiger partial charge < -0.3 is 9.80 Å². The number of halogens is 6. The predicted molar refractivity (Wildman–Crippen MR) is 116 cm³/mol. The fourth-order valence-electron chi connectivity index (χ4n) is 6.04. The summed E-state index contributed by atoms with van der Waals surface area (Å²) in [5.41, 5.74) is -1.06. The molecule has 3 aromatic rings. The van der Waals surface area contributed by atoms with E-state index in [9.17, 15) is 31.1 Å². The van der Waals surface area contributed by atoms with E-state index < -0.39 is 30.5 Å². The highest BCUT2D eigenvalue weighted by Crippen LogP contribution is 2.61. The van der Waals surface area contributed by atoms with Crippen molar-refractivity contribution in [1.82, 2.24) is 19.7 Å². The van der Waals surface area contributed by atoms with Crippen LogP contribution in [-0.2, 0) is 17.5 Å². The van der Waals surface area contributed by atoms with E-state index in [1.807, 2.05) is 4.90 Å². The van der Waals surface area contributed by atoms with Gasteiger partial charge in [-0.2, -0.15) is 18.3 Å². The molecule has 3 saturated heterocycles. The van der Waals surface area contributed by atoms with Crippen LogP contribution >= 0.6 is 0 Å². The maximum atomic E-state index is 13.8. The molecule has 2 unspecified atom stereocenters. The molecule has 1 aromatic carbocycles. The summed E-state index contributed by atoms with van der Waals surface area (Å²) in [6.45, 7) is 0.785. The van der Waals surface area contributed by atoms with Crippen LogP contribution in [0.1, 0.15) is 18.4 Å². The van der Waals surface area contributed by atoms with Crippen LogP contribution in [0.15, 0.2) is 30.6 Å². The summed E-state index contributed by atoms with van der Waals surface area (Å²) < 4.78 is 80.2. The van der Waals surface area contributed by atoms with Crippen LogP contribution in [0.2, 0.25) is 0 Å². The number of carbonyl (C=O) groups is 1. The Kier molecular flexibility index (Phi) is 5.00. The van der Waals surface area contributed by atoms with Gasteiger partial charge in [0.25, 0.3) is 6.43 Å². The number of fused-ring (bicyclic) bond motifs is 3. The van der Waals surface area contributed by atoms with E-state index >= 15 is 0 Å². The molecule has 2 atom stereocenters. The number of nitrogens with zero attached hydrogens (tertiary/aromatic N) is 6. The van der Waals surface area contributed by atoms with Crippen molar-refractivity contribution < 1.29 is 31.1 Å². The second-order valence-electron chi connectivity index (χ2n) is 9.74. The van der Waals surface area contributed by atoms with Gasteiger partial charge in [-0.15, -0.1) is 0 Å². The van der Waals surface area contributed by atoms with Crippen molar-refractivity contribution in [3.63, 3.8) is 0 Å². The highest BCUT2D eigenvalue weighted by Gasteiger charge is 2.63. The van der Waals surface area contributed by atoms with E-state index in [0.29, 0.717) is 30.5 Å². The van der Waals surface area contributed by atoms with Gasteiger partial charge in [-0.05, 0) is 36.5 Å². The summed E-state index contributed by atoms with van der Waals surface area (Å²) in [6.07, 6.45) is -3.42. The van der Waals surface area contributed by atoms with Crippen LogP contribution in [0, 0.1) is 23.1 Å². The average Bonchev–Trinajstić information content (AvgIpc) is 3.40. The molecule has 1 amide bonds. The molecule has 7 rings (SSSR count). The third kappa shape index (κ3) is 3.50. The molecule has 13 heteroatoms. The van der Waals surface area contributed by atoms with Gasteiger partial charge in [0.2, 0.25) is 5.91 Å². The standard InChI is InChI=1S/C23H20F6N6O/c24-16-2-1-14(4-15(16)23(27,28)29)34-11-22(5-20(34)36)12-3-13(22)9-33(8-12)19-7-30-17-6-31-35(10-18(25)26)21(17)32-19/h1-2,4,6-7,12-13,18H,3,5,8-11H2. The number of amides is 1. The Bertz CT molecular complexity index is 1340. The molecule has 1 saturated carbocycles. The Hall–Kier alpha value is -3.38. The van der Waals surface area contributed by atoms with Crippen LogP contribution in [0.3, 0.4) is 0 Å². The first-order valence-corrected chi connectivity index (χ1v) is 11.4. The number of carbonyl (C=O) groups excluding carboxylic acids is 1. The number of anilines is 2. The van der Waals surface area contributed by atoms with E-state index in [0.717, 1.165) is 17.2 Å². The second kappa shape index (κ2) is 7.81. The average molecular weight is 510 g/mol. The van der Waals surface area contributed by atoms with E-state index in [1.54, 1.807) is 6.20 Å². The Balaban J connectivity index is 1.22. The molecule has 1 spiro atoms. The third-order valence-electron chi connectivity index (χ3n) is 7.85. The Morgan fingerprint density at radius 2 is 1.89 bits per heavy atom. The number of aromatic nitrogens is 4. The second-order valence-corrected chi connectivity index (χ2v) is 9.74. The number of hydrogen-bond donors (Lipinski definition) is 0. The summed E-state index contributed by atoms with van der Waals surface area (Å²) in [6, 6.07) is 2.64. The van der Waals surface area contributed by atoms with E-state index in [4.69, 9.17) is 0 Å². The number of piperidine rings is 2. The summed E-state index contributed by atoms with van der Waals surface area (Å²) in [5, 5.41) is 3.93. The minimum absolute atomic E-state index is 0.0380. The summed E-state index contributed by atoms with van der Waals surface area (Å²) in [4.78, 5) is 25.0. The smallest absolute Gasteiger partial charge is 0.355 e. The lowest BCUT2D eigenvalue weighted by molar-refractivity contribution is -0.140. The molecule has 36 heavy (non-hydrogen) atoms. The van der Waals surface area contributed by atoms with Crippen molar-refractivity contribution in [3.8, 4) is 0 Å². The molecule has 0 N–H and O–H groups in total. The molecule has 2 aromatic heterocycles. The minimum Gasteiger partial charge on any atom is -0.355 e. The first-order valence-electron chi connectivity index (χ1n) is 11.4. The first-order chi connectivity index (χ1) is 17.0. The van der Waals surface area contributed by atoms with Crippen LogP contribution in [0.4, 0.5) is 37.8 Å². The molecule has 4 fully saturated rings. The number of alkyl halides is 5. The molecule has 190 valence electrons. The molecule has 2 bridgehead atoms. The van der Waals surface area contributed by atoms with Gasteiger partial charge in [0.15, 0.2) is 5.65 Å². The molecule has 7 nitrogen and oxygen atoms in total. The van der Waals surface area contributed by atoms with E-state index in [2.05, 4.69) is 15.1 Å². The number of hydrogen-bond acceptors (Lipinski definition) is 5. The quantitative estimate of drug-likeness (QED) is 0.494. The lowest BCUT2D eigenvalue weighted by Gasteiger charge is -2.60. The predicted octanol–water partition coefficient (Wildman–Crippen LogP) is 4.13. The normalized spacial score (nSPS) is 25.9. The summed E-state index contributed by atoms with van der Waals surface area (Å²) >= 11 is 0. The zero-order chi connectivity index (χ0) is 25.4. The van der Waals surface area contributed by atoms with Crippen molar-refractivity contribution >= 4 is 28.6 Å². The molecule has 5 heterocycles. The fourth-order valence-corrected chi connectivity index (χ4v) is 6.04. The maximum absolute atomic E-state index is 13.8. The van der Waals surface area contributed by atoms with Crippen LogP contribution in [0.25, 0.3) is 11.2 Å². The minimum atomic E-state index is -4.86. The molecular weight excluding hydrogens is 490 g/mol. The Labute approximate surface area is 200 Å². The zero-order valence-electron chi connectivity index (χ0n) is 18.7. The molecule has 1 aliphatic carbocycles. The maximum Gasteiger partial charge on any atom is 0.419 e. The van der Waals surface area contributed by atoms with Crippen LogP contribution in [-0.4, -0.2) is 51.7 Å². The topological polar surface area (TPSA) is 67.2 Å². The fraction of sp³-hybridized carbons (Fsp3) is 0.478. The molecule has 0 radical (unpaired) electrons. The molecular formula is C23H20F6N6O. The van der Waals surface area contributed by atoms with Gasteiger partial charge in [-0.1, -0.05) is 0 Å². The van der Waals surface area contributed by atoms with Crippen molar-refractivity contribution in [1.29, 1.82) is 0 Å². The van der Waals surface area contributed by atoms with Gasteiger partial charge in [-0.3, -0.25) is 4.79 Å². The van der Waals surface area contributed by atoms with Gasteiger partial charge in [0, 0.05) is 37.2 Å². The largest absolute Gasteiger partial charge is 0.419 e. The highest BCUT2D eigenvalue weighted by molar-refractivity contribution is 5.96. The van der Waals surface area contributed by atoms with Crippen molar-refractivity contribution in [2.75, 3.05) is 29.4 Å². The number of benzene rings is 1. The third-order valence-corrected chi connectivity index (χ3v) is 7.85. The Morgan fingerprint density at radius 3 is 2.58 bits per heavy atom. The van der Waals surface area contributed by atoms with Crippen LogP contribution < -0.4 is 9.80 Å². The lowest BCUT2D eigenvalue weighted by Crippen LogP contribution is -2.63. The van der Waals surface area contributed by atoms with Gasteiger partial charge in [-0.25, -0.2) is 27.8 Å². The first kappa shape index (κ1) is 23.0. The SMILES string of the molecule is O=C1CC2(CN1c1ccc(F)c(C(F)(F)F)c1)C1CC2CN(c2cnc3cnn(CC(F)F)c3n2)C1. The van der Waals surface area contributed by atoms with E-state index in [-0.39, 0.29) is 47.5 Å². The number of rotatable bonds is 4. The van der Waals surface area contributed by atoms with Gasteiger partial charge >= 0.3 is 6.18 Å². The van der Waals surface area contributed by atoms with Crippen LogP contribution in [0.5, 0.6) is 0 Å². The van der Waals surface area contributed by atoms with Crippen molar-refractivity contribution in [2.45, 2.75) is 32.0 Å².